The van der Waals surface area contributed by atoms with Crippen molar-refractivity contribution >= 4 is 22.7 Å². The second-order valence-electron chi connectivity index (χ2n) is 8.18. The topological polar surface area (TPSA) is 121 Å². The van der Waals surface area contributed by atoms with Gasteiger partial charge in [0.05, 0.1) is 38.7 Å². The summed E-state index contributed by atoms with van der Waals surface area (Å²) < 4.78 is 26.2. The second-order valence-corrected chi connectivity index (χ2v) is 8.18. The van der Waals surface area contributed by atoms with Crippen molar-refractivity contribution in [2.24, 2.45) is 13.0 Å². The Balaban J connectivity index is 1.46. The van der Waals surface area contributed by atoms with E-state index in [1.807, 2.05) is 17.7 Å². The Morgan fingerprint density at radius 2 is 2.03 bits per heavy atom. The second kappa shape index (κ2) is 8.38. The molecule has 5 rings (SSSR count). The van der Waals surface area contributed by atoms with Crippen molar-refractivity contribution in [1.29, 1.82) is 5.26 Å². The van der Waals surface area contributed by atoms with Crippen LogP contribution in [0.4, 0.5) is 11.6 Å². The van der Waals surface area contributed by atoms with Gasteiger partial charge in [0, 0.05) is 31.7 Å². The molecule has 0 spiro atoms. The van der Waals surface area contributed by atoms with Crippen LogP contribution in [0.2, 0.25) is 0 Å². The first-order valence-corrected chi connectivity index (χ1v) is 10.5. The van der Waals surface area contributed by atoms with E-state index in [0.717, 1.165) is 5.39 Å². The van der Waals surface area contributed by atoms with Gasteiger partial charge in [-0.3, -0.25) is 4.68 Å². The minimum Gasteiger partial charge on any atom is -0.466 e. The molecule has 0 bridgehead atoms. The third-order valence-electron chi connectivity index (χ3n) is 5.93. The standard InChI is InChI=1S/C21H25N7O4/c1-12-8-30-9-16(12)28-14(5-22)4-13-6-23-21(25-19(13)28)24-15-7-27(2)26-20(15)32-18-11-31-10-17(18)29-3/h4,6-7,12,16-18H,8-11H2,1-3H3,(H,23,24,25)/t12-,16-,17-,18-/m0/s1. The van der Waals surface area contributed by atoms with Gasteiger partial charge in [-0.2, -0.15) is 10.2 Å². The van der Waals surface area contributed by atoms with Gasteiger partial charge < -0.3 is 28.8 Å². The summed E-state index contributed by atoms with van der Waals surface area (Å²) in [6.45, 7) is 4.25. The Kier molecular flexibility index (Phi) is 5.42. The van der Waals surface area contributed by atoms with Crippen LogP contribution >= 0.6 is 0 Å². The predicted octanol–water partition coefficient (Wildman–Crippen LogP) is 1.78. The highest BCUT2D eigenvalue weighted by Crippen LogP contribution is 2.32. The minimum absolute atomic E-state index is 0.0514. The molecule has 0 unspecified atom stereocenters. The van der Waals surface area contributed by atoms with E-state index in [9.17, 15) is 5.26 Å². The summed E-state index contributed by atoms with van der Waals surface area (Å²) in [6.07, 6.45) is 3.11. The summed E-state index contributed by atoms with van der Waals surface area (Å²) in [5.41, 5.74) is 1.87. The van der Waals surface area contributed by atoms with Gasteiger partial charge in [-0.25, -0.2) is 4.98 Å². The van der Waals surface area contributed by atoms with E-state index in [-0.39, 0.29) is 24.2 Å². The number of aromatic nitrogens is 5. The molecular weight excluding hydrogens is 414 g/mol. The molecule has 0 aromatic carbocycles. The van der Waals surface area contributed by atoms with Crippen molar-refractivity contribution in [1.82, 2.24) is 24.3 Å². The van der Waals surface area contributed by atoms with Crippen molar-refractivity contribution in [3.8, 4) is 11.9 Å². The number of anilines is 2. The fourth-order valence-corrected chi connectivity index (χ4v) is 4.22. The van der Waals surface area contributed by atoms with Crippen LogP contribution in [0, 0.1) is 17.2 Å². The highest BCUT2D eigenvalue weighted by Gasteiger charge is 2.32. The Labute approximate surface area is 184 Å². The normalized spacial score (nSPS) is 25.3. The number of hydrogen-bond donors (Lipinski definition) is 1. The van der Waals surface area contributed by atoms with Crippen molar-refractivity contribution in [2.75, 3.05) is 38.9 Å². The fraction of sp³-hybridized carbons (Fsp3) is 0.524. The quantitative estimate of drug-likeness (QED) is 0.612. The van der Waals surface area contributed by atoms with Crippen LogP contribution in [0.1, 0.15) is 18.7 Å². The Hall–Kier alpha value is -3.20. The first-order valence-electron chi connectivity index (χ1n) is 10.5. The smallest absolute Gasteiger partial charge is 0.257 e. The molecule has 0 amide bonds. The maximum Gasteiger partial charge on any atom is 0.257 e. The zero-order chi connectivity index (χ0) is 22.2. The van der Waals surface area contributed by atoms with Gasteiger partial charge in [0.1, 0.15) is 29.2 Å². The molecule has 168 valence electrons. The lowest BCUT2D eigenvalue weighted by molar-refractivity contribution is 0.0308. The van der Waals surface area contributed by atoms with Crippen LogP contribution in [0.15, 0.2) is 18.5 Å². The van der Waals surface area contributed by atoms with Gasteiger partial charge >= 0.3 is 0 Å². The lowest BCUT2D eigenvalue weighted by Crippen LogP contribution is -2.31. The molecule has 0 saturated carbocycles. The van der Waals surface area contributed by atoms with Crippen molar-refractivity contribution < 1.29 is 18.9 Å². The SMILES string of the molecule is CO[C@H]1COC[C@@H]1Oc1nn(C)cc1Nc1ncc2cc(C#N)n([C@H]3COC[C@@H]3C)c2n1. The zero-order valence-corrected chi connectivity index (χ0v) is 18.2. The highest BCUT2D eigenvalue weighted by molar-refractivity contribution is 5.79. The number of nitrogens with zero attached hydrogens (tertiary/aromatic N) is 6. The van der Waals surface area contributed by atoms with E-state index in [1.54, 1.807) is 24.2 Å². The third-order valence-corrected chi connectivity index (χ3v) is 5.93. The average molecular weight is 439 g/mol. The van der Waals surface area contributed by atoms with Crippen LogP contribution in [0.5, 0.6) is 5.88 Å². The molecule has 11 nitrogen and oxygen atoms in total. The molecular formula is C21H25N7O4. The first-order chi connectivity index (χ1) is 15.6. The molecule has 4 atom stereocenters. The third kappa shape index (κ3) is 3.66. The summed E-state index contributed by atoms with van der Waals surface area (Å²) in [6, 6.07) is 4.14. The number of rotatable bonds is 6. The molecule has 2 aliphatic heterocycles. The molecule has 2 aliphatic rings. The molecule has 3 aromatic rings. The monoisotopic (exact) mass is 439 g/mol. The largest absolute Gasteiger partial charge is 0.466 e. The molecule has 2 fully saturated rings. The van der Waals surface area contributed by atoms with E-state index < -0.39 is 0 Å². The fourth-order valence-electron chi connectivity index (χ4n) is 4.22. The maximum atomic E-state index is 9.66. The maximum absolute atomic E-state index is 9.66. The summed E-state index contributed by atoms with van der Waals surface area (Å²) in [4.78, 5) is 9.16. The molecule has 3 aromatic heterocycles. The molecule has 0 radical (unpaired) electrons. The van der Waals surface area contributed by atoms with E-state index >= 15 is 0 Å². The lowest BCUT2D eigenvalue weighted by atomic mass is 10.1. The Morgan fingerprint density at radius 1 is 1.22 bits per heavy atom. The van der Waals surface area contributed by atoms with Gasteiger partial charge in [-0.05, 0) is 6.07 Å². The molecule has 2 saturated heterocycles. The van der Waals surface area contributed by atoms with Crippen molar-refractivity contribution in [3.05, 3.63) is 24.2 Å². The molecule has 11 heteroatoms. The van der Waals surface area contributed by atoms with E-state index in [0.29, 0.717) is 55.3 Å². The number of ether oxygens (including phenoxy) is 4. The summed E-state index contributed by atoms with van der Waals surface area (Å²) in [7, 11) is 3.45. The molecule has 32 heavy (non-hydrogen) atoms. The van der Waals surface area contributed by atoms with Crippen molar-refractivity contribution in [2.45, 2.75) is 25.2 Å². The first kappa shape index (κ1) is 20.7. The molecule has 1 N–H and O–H groups in total. The number of hydrogen-bond acceptors (Lipinski definition) is 9. The summed E-state index contributed by atoms with van der Waals surface area (Å²) >= 11 is 0. The minimum atomic E-state index is -0.252. The Bertz CT molecular complexity index is 1170. The van der Waals surface area contributed by atoms with Crippen LogP contribution in [-0.4, -0.2) is 70.1 Å². The van der Waals surface area contributed by atoms with Crippen LogP contribution in [0.3, 0.4) is 0 Å². The van der Waals surface area contributed by atoms with Crippen LogP contribution < -0.4 is 10.1 Å². The summed E-state index contributed by atoms with van der Waals surface area (Å²) in [5, 5.41) is 18.1. The van der Waals surface area contributed by atoms with Gasteiger partial charge in [-0.15, -0.1) is 5.10 Å². The molecule has 5 heterocycles. The van der Waals surface area contributed by atoms with Crippen molar-refractivity contribution in [3.63, 3.8) is 0 Å². The number of nitriles is 1. The number of fused-ring (bicyclic) bond motifs is 1. The van der Waals surface area contributed by atoms with Gasteiger partial charge in [0.2, 0.25) is 5.95 Å². The van der Waals surface area contributed by atoms with E-state index in [1.165, 1.54) is 0 Å². The zero-order valence-electron chi connectivity index (χ0n) is 18.2. The predicted molar refractivity (Wildman–Crippen MR) is 114 cm³/mol. The van der Waals surface area contributed by atoms with Crippen LogP contribution in [0.25, 0.3) is 11.0 Å². The number of nitrogens with one attached hydrogen (secondary N) is 1. The highest BCUT2D eigenvalue weighted by atomic mass is 16.6. The van der Waals surface area contributed by atoms with Gasteiger partial charge in [0.15, 0.2) is 6.10 Å². The van der Waals surface area contributed by atoms with Gasteiger partial charge in [-0.1, -0.05) is 6.92 Å². The molecule has 0 aliphatic carbocycles. The summed E-state index contributed by atoms with van der Waals surface area (Å²) in [5.74, 6) is 1.08. The van der Waals surface area contributed by atoms with E-state index in [2.05, 4.69) is 28.4 Å². The van der Waals surface area contributed by atoms with Gasteiger partial charge in [0.25, 0.3) is 5.88 Å². The Morgan fingerprint density at radius 3 is 2.78 bits per heavy atom. The lowest BCUT2D eigenvalue weighted by Gasteiger charge is -2.18. The van der Waals surface area contributed by atoms with Crippen LogP contribution in [-0.2, 0) is 21.3 Å². The average Bonchev–Trinajstić information content (AvgIpc) is 3.55. The number of methoxy groups -OCH3 is 1. The number of aryl methyl sites for hydroxylation is 1. The van der Waals surface area contributed by atoms with E-state index in [4.69, 9.17) is 23.9 Å².